The largest absolute Gasteiger partial charge is 0.335 e. The predicted molar refractivity (Wildman–Crippen MR) is 64.1 cm³/mol. The smallest absolute Gasteiger partial charge is 0.275 e. The van der Waals surface area contributed by atoms with Gasteiger partial charge in [0.25, 0.3) is 12.3 Å². The Balaban J connectivity index is 2.01. The maximum Gasteiger partial charge on any atom is 0.275 e. The molecule has 0 bridgehead atoms. The second kappa shape index (κ2) is 6.05. The molecule has 1 aliphatic heterocycles. The van der Waals surface area contributed by atoms with Gasteiger partial charge in [-0.05, 0) is 25.9 Å². The fraction of sp³-hybridized carbons (Fsp3) is 0.727. The Hall–Kier alpha value is -1.57. The van der Waals surface area contributed by atoms with Gasteiger partial charge in [0.1, 0.15) is 0 Å². The summed E-state index contributed by atoms with van der Waals surface area (Å²) >= 11 is 0. The number of amides is 1. The van der Waals surface area contributed by atoms with E-state index in [0.717, 1.165) is 30.8 Å². The van der Waals surface area contributed by atoms with Gasteiger partial charge in [-0.3, -0.25) is 4.79 Å². The van der Waals surface area contributed by atoms with Crippen LogP contribution in [-0.2, 0) is 0 Å². The Morgan fingerprint density at radius 2 is 2.26 bits per heavy atom. The maximum atomic E-state index is 12.2. The third-order valence-electron chi connectivity index (χ3n) is 3.17. The van der Waals surface area contributed by atoms with E-state index in [2.05, 4.69) is 15.6 Å². The van der Waals surface area contributed by atoms with Gasteiger partial charge in [-0.25, -0.2) is 13.5 Å². The van der Waals surface area contributed by atoms with Gasteiger partial charge >= 0.3 is 0 Å². The Morgan fingerprint density at radius 1 is 1.58 bits per heavy atom. The van der Waals surface area contributed by atoms with Crippen molar-refractivity contribution in [1.82, 2.24) is 25.2 Å². The number of carbonyl (C=O) groups is 1. The average Bonchev–Trinajstić information content (AvgIpc) is 2.87. The summed E-state index contributed by atoms with van der Waals surface area (Å²) in [5.74, 6) is -0.527. The van der Waals surface area contributed by atoms with Crippen LogP contribution in [0, 0.1) is 0 Å². The lowest BCUT2D eigenvalue weighted by atomic mass is 10.1. The van der Waals surface area contributed by atoms with Crippen molar-refractivity contribution in [1.29, 1.82) is 0 Å². The van der Waals surface area contributed by atoms with E-state index in [1.807, 2.05) is 0 Å². The summed E-state index contributed by atoms with van der Waals surface area (Å²) in [6.45, 7) is 1.21. The van der Waals surface area contributed by atoms with Gasteiger partial charge in [0.2, 0.25) is 0 Å². The van der Waals surface area contributed by atoms with Gasteiger partial charge in [-0.2, -0.15) is 0 Å². The van der Waals surface area contributed by atoms with Gasteiger partial charge < -0.3 is 10.2 Å². The number of carbonyl (C=O) groups excluding carboxylic acids is 1. The van der Waals surface area contributed by atoms with Crippen molar-refractivity contribution in [2.45, 2.75) is 25.3 Å². The zero-order valence-electron chi connectivity index (χ0n) is 10.7. The van der Waals surface area contributed by atoms with Gasteiger partial charge in [0.15, 0.2) is 5.69 Å². The molecule has 1 aromatic rings. The molecule has 0 radical (unpaired) electrons. The van der Waals surface area contributed by atoms with E-state index in [4.69, 9.17) is 0 Å². The summed E-state index contributed by atoms with van der Waals surface area (Å²) in [6.07, 6.45) is 0.835. The standard InChI is InChI=1S/C11H17F2N5O/c1-17(7-10(12)13)11(19)9-6-18(16-15-9)8-2-4-14-5-3-8/h6,8,10,14H,2-5,7H2,1H3. The van der Waals surface area contributed by atoms with Crippen molar-refractivity contribution in [2.75, 3.05) is 26.7 Å². The van der Waals surface area contributed by atoms with E-state index >= 15 is 0 Å². The Morgan fingerprint density at radius 3 is 2.89 bits per heavy atom. The second-order valence-electron chi connectivity index (χ2n) is 4.64. The Bertz CT molecular complexity index is 430. The molecular formula is C11H17F2N5O. The minimum absolute atomic E-state index is 0.113. The number of nitrogens with one attached hydrogen (secondary N) is 1. The van der Waals surface area contributed by atoms with E-state index in [1.165, 1.54) is 7.05 Å². The molecule has 0 atom stereocenters. The van der Waals surface area contributed by atoms with Crippen LogP contribution in [-0.4, -0.2) is 58.9 Å². The first-order valence-corrected chi connectivity index (χ1v) is 6.24. The summed E-state index contributed by atoms with van der Waals surface area (Å²) in [4.78, 5) is 12.8. The predicted octanol–water partition coefficient (Wildman–Crippen LogP) is 0.540. The normalized spacial score (nSPS) is 16.8. The number of hydrogen-bond donors (Lipinski definition) is 1. The molecule has 19 heavy (non-hydrogen) atoms. The molecule has 6 nitrogen and oxygen atoms in total. The zero-order valence-corrected chi connectivity index (χ0v) is 10.7. The van der Waals surface area contributed by atoms with Crippen LogP contribution in [0.1, 0.15) is 29.4 Å². The number of halogens is 2. The molecule has 0 aromatic carbocycles. The van der Waals surface area contributed by atoms with Crippen LogP contribution >= 0.6 is 0 Å². The first-order valence-electron chi connectivity index (χ1n) is 6.24. The second-order valence-corrected chi connectivity index (χ2v) is 4.64. The van der Waals surface area contributed by atoms with Crippen molar-refractivity contribution in [3.8, 4) is 0 Å². The molecule has 1 fully saturated rings. The molecular weight excluding hydrogens is 256 g/mol. The highest BCUT2D eigenvalue weighted by atomic mass is 19.3. The molecule has 8 heteroatoms. The van der Waals surface area contributed by atoms with Gasteiger partial charge in [0.05, 0.1) is 18.8 Å². The molecule has 0 unspecified atom stereocenters. The lowest BCUT2D eigenvalue weighted by molar-refractivity contribution is 0.0615. The molecule has 1 N–H and O–H groups in total. The number of hydrogen-bond acceptors (Lipinski definition) is 4. The molecule has 1 aliphatic rings. The minimum atomic E-state index is -2.55. The van der Waals surface area contributed by atoms with Gasteiger partial charge in [-0.15, -0.1) is 5.10 Å². The monoisotopic (exact) mass is 273 g/mol. The number of alkyl halides is 2. The first-order chi connectivity index (χ1) is 9.08. The number of aromatic nitrogens is 3. The van der Waals surface area contributed by atoms with E-state index in [9.17, 15) is 13.6 Å². The van der Waals surface area contributed by atoms with E-state index in [0.29, 0.717) is 0 Å². The SMILES string of the molecule is CN(CC(F)F)C(=O)c1cn(C2CCNCC2)nn1. The van der Waals surface area contributed by atoms with Crippen LogP contribution < -0.4 is 5.32 Å². The lowest BCUT2D eigenvalue weighted by Gasteiger charge is -2.22. The van der Waals surface area contributed by atoms with Crippen LogP contribution in [0.5, 0.6) is 0 Å². The molecule has 0 aliphatic carbocycles. The third kappa shape index (κ3) is 3.46. The first kappa shape index (κ1) is 13.9. The van der Waals surface area contributed by atoms with Gasteiger partial charge in [-0.1, -0.05) is 5.21 Å². The summed E-state index contributed by atoms with van der Waals surface area (Å²) in [5.41, 5.74) is 0.113. The minimum Gasteiger partial charge on any atom is -0.335 e. The van der Waals surface area contributed by atoms with Crippen LogP contribution in [0.2, 0.25) is 0 Å². The number of nitrogens with zero attached hydrogens (tertiary/aromatic N) is 4. The fourth-order valence-electron chi connectivity index (χ4n) is 2.11. The van der Waals surface area contributed by atoms with Crippen LogP contribution in [0.4, 0.5) is 8.78 Å². The average molecular weight is 273 g/mol. The molecule has 106 valence electrons. The number of piperidine rings is 1. The molecule has 2 rings (SSSR count). The zero-order chi connectivity index (χ0) is 13.8. The van der Waals surface area contributed by atoms with E-state index < -0.39 is 18.9 Å². The van der Waals surface area contributed by atoms with Crippen molar-refractivity contribution < 1.29 is 13.6 Å². The Labute approximate surface area is 109 Å². The summed E-state index contributed by atoms with van der Waals surface area (Å²) < 4.78 is 26.1. The quantitative estimate of drug-likeness (QED) is 0.869. The molecule has 1 aromatic heterocycles. The fourth-order valence-corrected chi connectivity index (χ4v) is 2.11. The van der Waals surface area contributed by atoms with E-state index in [1.54, 1.807) is 10.9 Å². The molecule has 0 saturated carbocycles. The topological polar surface area (TPSA) is 63.1 Å². The summed E-state index contributed by atoms with van der Waals surface area (Å²) in [7, 11) is 1.33. The van der Waals surface area contributed by atoms with Crippen molar-refractivity contribution in [3.63, 3.8) is 0 Å². The molecule has 1 amide bonds. The van der Waals surface area contributed by atoms with E-state index in [-0.39, 0.29) is 11.7 Å². The molecule has 2 heterocycles. The maximum absolute atomic E-state index is 12.2. The highest BCUT2D eigenvalue weighted by molar-refractivity contribution is 5.91. The van der Waals surface area contributed by atoms with Crippen LogP contribution in [0.15, 0.2) is 6.20 Å². The van der Waals surface area contributed by atoms with Crippen LogP contribution in [0.3, 0.4) is 0 Å². The number of rotatable bonds is 4. The molecule has 1 saturated heterocycles. The highest BCUT2D eigenvalue weighted by Gasteiger charge is 2.21. The molecule has 0 spiro atoms. The lowest BCUT2D eigenvalue weighted by Crippen LogP contribution is -2.31. The van der Waals surface area contributed by atoms with Gasteiger partial charge in [0, 0.05) is 7.05 Å². The van der Waals surface area contributed by atoms with Crippen molar-refractivity contribution >= 4 is 5.91 Å². The van der Waals surface area contributed by atoms with Crippen molar-refractivity contribution in [2.24, 2.45) is 0 Å². The highest BCUT2D eigenvalue weighted by Crippen LogP contribution is 2.17. The van der Waals surface area contributed by atoms with Crippen molar-refractivity contribution in [3.05, 3.63) is 11.9 Å². The van der Waals surface area contributed by atoms with Crippen LogP contribution in [0.25, 0.3) is 0 Å². The summed E-state index contributed by atoms with van der Waals surface area (Å²) in [6, 6.07) is 0.218. The Kier molecular flexibility index (Phi) is 4.41. The third-order valence-corrected chi connectivity index (χ3v) is 3.17. The summed E-state index contributed by atoms with van der Waals surface area (Å²) in [5, 5.41) is 10.9.